The summed E-state index contributed by atoms with van der Waals surface area (Å²) in [5.74, 6) is 0.0443. The molecule has 0 aliphatic rings. The van der Waals surface area contributed by atoms with Crippen LogP contribution in [0, 0.1) is 25.2 Å². The zero-order valence-electron chi connectivity index (χ0n) is 19.2. The minimum atomic E-state index is -0.311. The number of nitriles is 1. The van der Waals surface area contributed by atoms with Gasteiger partial charge < -0.3 is 5.32 Å². The second kappa shape index (κ2) is 10.2. The van der Waals surface area contributed by atoms with E-state index in [-0.39, 0.29) is 22.8 Å². The number of nitrogens with zero attached hydrogens (tertiary/aromatic N) is 5. The van der Waals surface area contributed by atoms with Gasteiger partial charge in [0.1, 0.15) is 16.5 Å². The number of amides is 1. The lowest BCUT2D eigenvalue weighted by molar-refractivity contribution is -0.113. The molecule has 174 valence electrons. The lowest BCUT2D eigenvalue weighted by Crippen LogP contribution is -2.24. The zero-order chi connectivity index (χ0) is 24.2. The number of rotatable bonds is 8. The van der Waals surface area contributed by atoms with Crippen LogP contribution in [-0.4, -0.2) is 31.0 Å². The smallest absolute Gasteiger partial charge is 0.263 e. The summed E-state index contributed by atoms with van der Waals surface area (Å²) in [7, 11) is 0. The second-order valence-electron chi connectivity index (χ2n) is 7.77. The maximum absolute atomic E-state index is 13.2. The topological polar surface area (TPSA) is 106 Å². The lowest BCUT2D eigenvalue weighted by atomic mass is 10.2. The number of para-hydroxylation sites is 1. The molecule has 1 N–H and O–H groups in total. The van der Waals surface area contributed by atoms with Crippen molar-refractivity contribution in [3.8, 4) is 11.8 Å². The summed E-state index contributed by atoms with van der Waals surface area (Å²) in [5.41, 5.74) is 1.91. The molecule has 1 aromatic carbocycles. The Balaban J connectivity index is 1.59. The molecule has 10 heteroatoms. The molecule has 3 heterocycles. The molecule has 1 amide bonds. The summed E-state index contributed by atoms with van der Waals surface area (Å²) in [5, 5.41) is 17.7. The average molecular weight is 493 g/mol. The van der Waals surface area contributed by atoms with Crippen LogP contribution in [0.1, 0.15) is 35.8 Å². The Kier molecular flexibility index (Phi) is 7.14. The molecule has 0 aliphatic heterocycles. The van der Waals surface area contributed by atoms with E-state index in [0.717, 1.165) is 29.0 Å². The van der Waals surface area contributed by atoms with Gasteiger partial charge in [0.2, 0.25) is 5.91 Å². The van der Waals surface area contributed by atoms with Gasteiger partial charge in [0.25, 0.3) is 5.56 Å². The largest absolute Gasteiger partial charge is 0.309 e. The van der Waals surface area contributed by atoms with Crippen molar-refractivity contribution < 1.29 is 4.79 Å². The van der Waals surface area contributed by atoms with Crippen molar-refractivity contribution in [2.24, 2.45) is 0 Å². The van der Waals surface area contributed by atoms with Gasteiger partial charge in [-0.2, -0.15) is 10.4 Å². The standard InChI is InChI=1S/C24H24N6O2S2/c1-4-5-11-29-23(32)20-15(2)16(3)34-22(20)28-24(29)33-14-19(31)27-21-17(12-25)13-26-30(21)18-9-7-6-8-10-18/h6-10,13H,4-5,11,14H2,1-3H3,(H,27,31). The van der Waals surface area contributed by atoms with E-state index < -0.39 is 0 Å². The van der Waals surface area contributed by atoms with Gasteiger partial charge in [-0.15, -0.1) is 11.3 Å². The fourth-order valence-corrected chi connectivity index (χ4v) is 5.44. The van der Waals surface area contributed by atoms with Crippen LogP contribution in [0.15, 0.2) is 46.5 Å². The molecular formula is C24H24N6O2S2. The zero-order valence-corrected chi connectivity index (χ0v) is 20.8. The highest BCUT2D eigenvalue weighted by Gasteiger charge is 2.19. The van der Waals surface area contributed by atoms with Crippen molar-refractivity contribution in [3.05, 3.63) is 62.9 Å². The van der Waals surface area contributed by atoms with Gasteiger partial charge in [0.15, 0.2) is 11.0 Å². The van der Waals surface area contributed by atoms with Crippen molar-refractivity contribution in [3.63, 3.8) is 0 Å². The van der Waals surface area contributed by atoms with Crippen molar-refractivity contribution >= 4 is 45.0 Å². The molecule has 0 atom stereocenters. The molecule has 4 aromatic rings. The van der Waals surface area contributed by atoms with Crippen LogP contribution >= 0.6 is 23.1 Å². The number of fused-ring (bicyclic) bond motifs is 1. The number of thiophene rings is 1. The van der Waals surface area contributed by atoms with E-state index in [1.165, 1.54) is 34.0 Å². The van der Waals surface area contributed by atoms with Gasteiger partial charge in [-0.3, -0.25) is 14.2 Å². The molecule has 0 aliphatic carbocycles. The van der Waals surface area contributed by atoms with E-state index in [2.05, 4.69) is 23.4 Å². The van der Waals surface area contributed by atoms with Crippen molar-refractivity contribution in [1.29, 1.82) is 5.26 Å². The molecule has 0 bridgehead atoms. The summed E-state index contributed by atoms with van der Waals surface area (Å²) >= 11 is 2.72. The quantitative estimate of drug-likeness (QED) is 0.283. The fraction of sp³-hybridized carbons (Fsp3) is 0.292. The minimum absolute atomic E-state index is 0.0399. The molecule has 34 heavy (non-hydrogen) atoms. The molecular weight excluding hydrogens is 468 g/mol. The Morgan fingerprint density at radius 2 is 2.03 bits per heavy atom. The third kappa shape index (κ3) is 4.62. The Morgan fingerprint density at radius 1 is 1.26 bits per heavy atom. The molecule has 8 nitrogen and oxygen atoms in total. The van der Waals surface area contributed by atoms with E-state index in [1.54, 1.807) is 4.57 Å². The van der Waals surface area contributed by atoms with E-state index in [0.29, 0.717) is 27.7 Å². The number of carbonyl (C=O) groups is 1. The van der Waals surface area contributed by atoms with Crippen LogP contribution in [0.2, 0.25) is 0 Å². The second-order valence-corrected chi connectivity index (χ2v) is 9.92. The number of aryl methyl sites for hydroxylation is 2. The molecule has 4 rings (SSSR count). The molecule has 0 fully saturated rings. The SMILES string of the molecule is CCCCn1c(SCC(=O)Nc2c(C#N)cnn2-c2ccccc2)nc2sc(C)c(C)c2c1=O. The summed E-state index contributed by atoms with van der Waals surface area (Å²) in [4.78, 5) is 32.6. The summed E-state index contributed by atoms with van der Waals surface area (Å²) in [6, 6.07) is 11.4. The molecule has 0 radical (unpaired) electrons. The number of carbonyl (C=O) groups excluding carboxylic acids is 1. The Hall–Kier alpha value is -3.42. The monoisotopic (exact) mass is 492 g/mol. The number of aromatic nitrogens is 4. The number of nitrogens with one attached hydrogen (secondary N) is 1. The predicted octanol–water partition coefficient (Wildman–Crippen LogP) is 4.66. The third-order valence-electron chi connectivity index (χ3n) is 5.47. The molecule has 0 saturated carbocycles. The Labute approximate surface area is 205 Å². The average Bonchev–Trinajstić information content (AvgIpc) is 3.37. The molecule has 0 unspecified atom stereocenters. The van der Waals surface area contributed by atoms with Crippen LogP contribution < -0.4 is 10.9 Å². The van der Waals surface area contributed by atoms with E-state index in [4.69, 9.17) is 4.98 Å². The highest BCUT2D eigenvalue weighted by molar-refractivity contribution is 7.99. The van der Waals surface area contributed by atoms with Gasteiger partial charge in [0, 0.05) is 11.4 Å². The third-order valence-corrected chi connectivity index (χ3v) is 7.55. The lowest BCUT2D eigenvalue weighted by Gasteiger charge is -2.12. The van der Waals surface area contributed by atoms with Gasteiger partial charge in [0.05, 0.1) is 23.0 Å². The first kappa shape index (κ1) is 23.7. The van der Waals surface area contributed by atoms with Crippen LogP contribution in [0.25, 0.3) is 15.9 Å². The first-order valence-corrected chi connectivity index (χ1v) is 12.7. The first-order valence-electron chi connectivity index (χ1n) is 10.9. The number of anilines is 1. The number of thioether (sulfide) groups is 1. The maximum atomic E-state index is 13.2. The fourth-order valence-electron chi connectivity index (χ4n) is 3.55. The number of benzene rings is 1. The normalized spacial score (nSPS) is 11.0. The number of hydrogen-bond donors (Lipinski definition) is 1. The Morgan fingerprint density at radius 3 is 2.74 bits per heavy atom. The maximum Gasteiger partial charge on any atom is 0.263 e. The van der Waals surface area contributed by atoms with Gasteiger partial charge >= 0.3 is 0 Å². The van der Waals surface area contributed by atoms with Gasteiger partial charge in [-0.1, -0.05) is 43.3 Å². The highest BCUT2D eigenvalue weighted by atomic mass is 32.2. The minimum Gasteiger partial charge on any atom is -0.309 e. The highest BCUT2D eigenvalue weighted by Crippen LogP contribution is 2.29. The van der Waals surface area contributed by atoms with E-state index >= 15 is 0 Å². The van der Waals surface area contributed by atoms with E-state index in [1.807, 2.05) is 44.2 Å². The first-order chi connectivity index (χ1) is 16.4. The Bertz CT molecular complexity index is 1450. The number of unbranched alkanes of at least 4 members (excludes halogenated alkanes) is 1. The van der Waals surface area contributed by atoms with Gasteiger partial charge in [-0.05, 0) is 38.0 Å². The summed E-state index contributed by atoms with van der Waals surface area (Å²) in [6.07, 6.45) is 3.21. The van der Waals surface area contributed by atoms with E-state index in [9.17, 15) is 14.9 Å². The van der Waals surface area contributed by atoms with Crippen molar-refractivity contribution in [1.82, 2.24) is 19.3 Å². The molecule has 0 spiro atoms. The predicted molar refractivity (Wildman–Crippen MR) is 136 cm³/mol. The van der Waals surface area contributed by atoms with Crippen LogP contribution in [0.5, 0.6) is 0 Å². The summed E-state index contributed by atoms with van der Waals surface area (Å²) in [6.45, 7) is 6.56. The van der Waals surface area contributed by atoms with Crippen LogP contribution in [0.4, 0.5) is 5.82 Å². The number of hydrogen-bond acceptors (Lipinski definition) is 7. The van der Waals surface area contributed by atoms with Gasteiger partial charge in [-0.25, -0.2) is 9.67 Å². The van der Waals surface area contributed by atoms with Crippen molar-refractivity contribution in [2.75, 3.05) is 11.1 Å². The van der Waals surface area contributed by atoms with Crippen LogP contribution in [-0.2, 0) is 11.3 Å². The van der Waals surface area contributed by atoms with Crippen molar-refractivity contribution in [2.45, 2.75) is 45.3 Å². The molecule has 0 saturated heterocycles. The van der Waals surface area contributed by atoms with Crippen LogP contribution in [0.3, 0.4) is 0 Å². The molecule has 3 aromatic heterocycles. The summed E-state index contributed by atoms with van der Waals surface area (Å²) < 4.78 is 3.21.